The van der Waals surface area contributed by atoms with E-state index in [1.54, 1.807) is 27.2 Å². The lowest BCUT2D eigenvalue weighted by atomic mass is 10.1. The van der Waals surface area contributed by atoms with Crippen molar-refractivity contribution in [2.24, 2.45) is 0 Å². The van der Waals surface area contributed by atoms with Gasteiger partial charge in [0.1, 0.15) is 12.4 Å². The van der Waals surface area contributed by atoms with Gasteiger partial charge in [-0.1, -0.05) is 6.07 Å². The number of hydrogen-bond acceptors (Lipinski definition) is 5. The molecule has 1 amide bonds. The first-order valence-electron chi connectivity index (χ1n) is 7.71. The van der Waals surface area contributed by atoms with Crippen LogP contribution in [0.5, 0.6) is 11.5 Å². The van der Waals surface area contributed by atoms with E-state index in [0.29, 0.717) is 36.0 Å². The Kier molecular flexibility index (Phi) is 6.26. The van der Waals surface area contributed by atoms with Crippen LogP contribution in [-0.2, 0) is 4.74 Å². The van der Waals surface area contributed by atoms with Crippen molar-refractivity contribution in [3.05, 3.63) is 47.4 Å². The minimum absolute atomic E-state index is 0.173. The number of furan rings is 1. The highest BCUT2D eigenvalue weighted by Gasteiger charge is 2.16. The topological polar surface area (TPSA) is 69.9 Å². The smallest absolute Gasteiger partial charge is 0.255 e. The molecular formula is C18H23NO5. The van der Waals surface area contributed by atoms with Crippen molar-refractivity contribution in [2.45, 2.75) is 19.9 Å². The van der Waals surface area contributed by atoms with Crippen LogP contribution in [0.4, 0.5) is 0 Å². The predicted molar refractivity (Wildman–Crippen MR) is 89.7 cm³/mol. The zero-order valence-electron chi connectivity index (χ0n) is 14.4. The Morgan fingerprint density at radius 1 is 1.21 bits per heavy atom. The van der Waals surface area contributed by atoms with E-state index < -0.39 is 0 Å². The fourth-order valence-electron chi connectivity index (χ4n) is 2.29. The van der Waals surface area contributed by atoms with Gasteiger partial charge in [0.15, 0.2) is 11.5 Å². The molecule has 1 N–H and O–H groups in total. The molecule has 0 aliphatic carbocycles. The molecule has 0 unspecified atom stereocenters. The standard InChI is InChI=1S/C18H23NO5/c1-12(19-18(20)15-7-8-23-13(15)2)14-5-6-16(17(11-14)22-4)24-10-9-21-3/h5-8,11-12H,9-10H2,1-4H3,(H,19,20)/t12-/m1/s1. The monoisotopic (exact) mass is 333 g/mol. The first kappa shape index (κ1) is 17.9. The van der Waals surface area contributed by atoms with E-state index in [1.165, 1.54) is 6.26 Å². The first-order valence-corrected chi connectivity index (χ1v) is 7.71. The zero-order valence-corrected chi connectivity index (χ0v) is 14.4. The number of methoxy groups -OCH3 is 2. The van der Waals surface area contributed by atoms with E-state index in [0.717, 1.165) is 5.56 Å². The maximum atomic E-state index is 12.3. The summed E-state index contributed by atoms with van der Waals surface area (Å²) in [7, 11) is 3.20. The van der Waals surface area contributed by atoms with Crippen LogP contribution in [0.25, 0.3) is 0 Å². The van der Waals surface area contributed by atoms with Crippen LogP contribution in [0, 0.1) is 6.92 Å². The number of rotatable bonds is 8. The van der Waals surface area contributed by atoms with Gasteiger partial charge >= 0.3 is 0 Å². The Bertz CT molecular complexity index is 680. The molecule has 1 atom stereocenters. The molecule has 2 rings (SSSR count). The summed E-state index contributed by atoms with van der Waals surface area (Å²) in [5.41, 5.74) is 1.45. The quantitative estimate of drug-likeness (QED) is 0.752. The van der Waals surface area contributed by atoms with E-state index in [9.17, 15) is 4.79 Å². The molecule has 0 saturated heterocycles. The molecule has 1 heterocycles. The third-order valence-corrected chi connectivity index (χ3v) is 3.68. The number of nitrogens with one attached hydrogen (secondary N) is 1. The summed E-state index contributed by atoms with van der Waals surface area (Å²) in [6, 6.07) is 7.06. The average Bonchev–Trinajstić information content (AvgIpc) is 3.01. The Labute approximate surface area is 141 Å². The highest BCUT2D eigenvalue weighted by atomic mass is 16.5. The van der Waals surface area contributed by atoms with Gasteiger partial charge in [0.25, 0.3) is 5.91 Å². The Balaban J connectivity index is 2.07. The molecule has 0 radical (unpaired) electrons. The van der Waals surface area contributed by atoms with Crippen LogP contribution in [-0.4, -0.2) is 33.3 Å². The molecule has 0 spiro atoms. The van der Waals surface area contributed by atoms with Gasteiger partial charge in [-0.2, -0.15) is 0 Å². The van der Waals surface area contributed by atoms with Gasteiger partial charge in [0, 0.05) is 7.11 Å². The maximum Gasteiger partial charge on any atom is 0.255 e. The number of carbonyl (C=O) groups is 1. The van der Waals surface area contributed by atoms with Gasteiger partial charge in [-0.05, 0) is 37.6 Å². The number of aryl methyl sites for hydroxylation is 1. The van der Waals surface area contributed by atoms with Crippen LogP contribution < -0.4 is 14.8 Å². The lowest BCUT2D eigenvalue weighted by Gasteiger charge is -2.17. The number of ether oxygens (including phenoxy) is 3. The van der Waals surface area contributed by atoms with Crippen LogP contribution in [0.2, 0.25) is 0 Å². The van der Waals surface area contributed by atoms with E-state index in [1.807, 2.05) is 25.1 Å². The van der Waals surface area contributed by atoms with Gasteiger partial charge in [-0.15, -0.1) is 0 Å². The molecule has 2 aromatic rings. The molecule has 130 valence electrons. The summed E-state index contributed by atoms with van der Waals surface area (Å²) in [5, 5.41) is 2.95. The molecule has 0 aliphatic heterocycles. The van der Waals surface area contributed by atoms with E-state index >= 15 is 0 Å². The van der Waals surface area contributed by atoms with Gasteiger partial charge in [-0.3, -0.25) is 4.79 Å². The fraction of sp³-hybridized carbons (Fsp3) is 0.389. The number of carbonyl (C=O) groups excluding carboxylic acids is 1. The number of benzene rings is 1. The maximum absolute atomic E-state index is 12.3. The second kappa shape index (κ2) is 8.40. The molecule has 24 heavy (non-hydrogen) atoms. The van der Waals surface area contributed by atoms with Crippen LogP contribution in [0.3, 0.4) is 0 Å². The van der Waals surface area contributed by atoms with Gasteiger partial charge < -0.3 is 23.9 Å². The SMILES string of the molecule is COCCOc1ccc([C@@H](C)NC(=O)c2ccoc2C)cc1OC. The van der Waals surface area contributed by atoms with Crippen molar-refractivity contribution in [3.8, 4) is 11.5 Å². The Morgan fingerprint density at radius 3 is 2.62 bits per heavy atom. The third-order valence-electron chi connectivity index (χ3n) is 3.68. The summed E-state index contributed by atoms with van der Waals surface area (Å²) in [4.78, 5) is 12.3. The highest BCUT2D eigenvalue weighted by Crippen LogP contribution is 2.30. The minimum atomic E-state index is -0.186. The predicted octanol–water partition coefficient (Wildman–Crippen LogP) is 3.11. The second-order valence-corrected chi connectivity index (χ2v) is 5.34. The highest BCUT2D eigenvalue weighted by molar-refractivity contribution is 5.95. The zero-order chi connectivity index (χ0) is 17.5. The molecular weight excluding hydrogens is 310 g/mol. The second-order valence-electron chi connectivity index (χ2n) is 5.34. The molecule has 1 aromatic carbocycles. The number of amides is 1. The number of hydrogen-bond donors (Lipinski definition) is 1. The molecule has 0 aliphatic rings. The van der Waals surface area contributed by atoms with Gasteiger partial charge in [-0.25, -0.2) is 0 Å². The van der Waals surface area contributed by atoms with Gasteiger partial charge in [0.05, 0.1) is 31.6 Å². The van der Waals surface area contributed by atoms with Gasteiger partial charge in [0.2, 0.25) is 0 Å². The lowest BCUT2D eigenvalue weighted by molar-refractivity contribution is 0.0938. The Morgan fingerprint density at radius 2 is 2.00 bits per heavy atom. The molecule has 1 aromatic heterocycles. The molecule has 0 fully saturated rings. The molecule has 6 nitrogen and oxygen atoms in total. The summed E-state index contributed by atoms with van der Waals surface area (Å²) >= 11 is 0. The van der Waals surface area contributed by atoms with Crippen molar-refractivity contribution in [1.82, 2.24) is 5.32 Å². The van der Waals surface area contributed by atoms with Crippen LogP contribution in [0.15, 0.2) is 34.9 Å². The van der Waals surface area contributed by atoms with E-state index in [2.05, 4.69) is 5.32 Å². The average molecular weight is 333 g/mol. The summed E-state index contributed by atoms with van der Waals surface area (Å²) in [6.07, 6.45) is 1.50. The van der Waals surface area contributed by atoms with Crippen LogP contribution >= 0.6 is 0 Å². The molecule has 0 bridgehead atoms. The molecule has 0 saturated carbocycles. The van der Waals surface area contributed by atoms with E-state index in [4.69, 9.17) is 18.6 Å². The fourth-order valence-corrected chi connectivity index (χ4v) is 2.29. The van der Waals surface area contributed by atoms with Crippen molar-refractivity contribution < 1.29 is 23.4 Å². The Hall–Kier alpha value is -2.47. The summed E-state index contributed by atoms with van der Waals surface area (Å²) in [6.45, 7) is 4.61. The van der Waals surface area contributed by atoms with Crippen molar-refractivity contribution >= 4 is 5.91 Å². The van der Waals surface area contributed by atoms with Crippen molar-refractivity contribution in [1.29, 1.82) is 0 Å². The largest absolute Gasteiger partial charge is 0.493 e. The normalized spacial score (nSPS) is 11.8. The molecule has 6 heteroatoms. The summed E-state index contributed by atoms with van der Waals surface area (Å²) < 4.78 is 21.1. The summed E-state index contributed by atoms with van der Waals surface area (Å²) in [5.74, 6) is 1.68. The minimum Gasteiger partial charge on any atom is -0.493 e. The lowest BCUT2D eigenvalue weighted by Crippen LogP contribution is -2.26. The third kappa shape index (κ3) is 4.29. The van der Waals surface area contributed by atoms with Crippen LogP contribution in [0.1, 0.15) is 34.6 Å². The van der Waals surface area contributed by atoms with Crippen molar-refractivity contribution in [2.75, 3.05) is 27.4 Å². The van der Waals surface area contributed by atoms with E-state index in [-0.39, 0.29) is 11.9 Å². The van der Waals surface area contributed by atoms with Crippen molar-refractivity contribution in [3.63, 3.8) is 0 Å². The first-order chi connectivity index (χ1) is 11.6.